The van der Waals surface area contributed by atoms with Gasteiger partial charge in [0.25, 0.3) is 5.91 Å². The Bertz CT molecular complexity index is 880. The molecule has 0 radical (unpaired) electrons. The minimum Gasteiger partial charge on any atom is -0.352 e. The number of rotatable bonds is 4. The molecular formula is C22H25N3O2. The third kappa shape index (κ3) is 3.46. The van der Waals surface area contributed by atoms with E-state index in [4.69, 9.17) is 0 Å². The molecule has 1 N–H and O–H groups in total. The van der Waals surface area contributed by atoms with Crippen molar-refractivity contribution in [3.05, 3.63) is 65.0 Å². The number of hydrogen-bond acceptors (Lipinski definition) is 3. The van der Waals surface area contributed by atoms with Gasteiger partial charge in [-0.05, 0) is 61.6 Å². The standard InChI is InChI=1S/C22H25N3O2/c1-15-5-6-18(10-16(15)2)21(27)25-9-7-22(14-25)11-19(22)20(26)24-13-17-4-3-8-23-12-17/h3-6,8,10,12,19H,7,9,11,13-14H2,1-2H3,(H,24,26)/t19-,22+/m1/s1. The van der Waals surface area contributed by atoms with Crippen LogP contribution in [0.5, 0.6) is 0 Å². The molecule has 1 aliphatic heterocycles. The van der Waals surface area contributed by atoms with Crippen molar-refractivity contribution in [2.45, 2.75) is 33.2 Å². The van der Waals surface area contributed by atoms with E-state index in [1.165, 1.54) is 5.56 Å². The van der Waals surface area contributed by atoms with Crippen molar-refractivity contribution in [1.29, 1.82) is 0 Å². The molecule has 2 amide bonds. The van der Waals surface area contributed by atoms with Crippen LogP contribution >= 0.6 is 0 Å². The first kappa shape index (κ1) is 17.7. The van der Waals surface area contributed by atoms with E-state index in [2.05, 4.69) is 10.3 Å². The Morgan fingerprint density at radius 3 is 2.85 bits per heavy atom. The Hall–Kier alpha value is -2.69. The highest BCUT2D eigenvalue weighted by Crippen LogP contribution is 2.58. The van der Waals surface area contributed by atoms with E-state index in [1.807, 2.05) is 49.1 Å². The lowest BCUT2D eigenvalue weighted by Gasteiger charge is -2.17. The maximum absolute atomic E-state index is 12.8. The zero-order valence-electron chi connectivity index (χ0n) is 15.9. The van der Waals surface area contributed by atoms with Gasteiger partial charge in [0.05, 0.1) is 0 Å². The van der Waals surface area contributed by atoms with Gasteiger partial charge in [-0.3, -0.25) is 14.6 Å². The maximum Gasteiger partial charge on any atom is 0.253 e. The summed E-state index contributed by atoms with van der Waals surface area (Å²) in [5.41, 5.74) is 4.05. The zero-order valence-corrected chi connectivity index (χ0v) is 15.9. The fraction of sp³-hybridized carbons (Fsp3) is 0.409. The van der Waals surface area contributed by atoms with Gasteiger partial charge in [0.2, 0.25) is 5.91 Å². The maximum atomic E-state index is 12.8. The summed E-state index contributed by atoms with van der Waals surface area (Å²) in [5, 5.41) is 3.02. The topological polar surface area (TPSA) is 62.3 Å². The lowest BCUT2D eigenvalue weighted by atomic mass is 10.0. The Morgan fingerprint density at radius 1 is 1.26 bits per heavy atom. The molecule has 27 heavy (non-hydrogen) atoms. The number of nitrogens with zero attached hydrogens (tertiary/aromatic N) is 2. The lowest BCUT2D eigenvalue weighted by Crippen LogP contribution is -2.31. The smallest absolute Gasteiger partial charge is 0.253 e. The number of carbonyl (C=O) groups excluding carboxylic acids is 2. The summed E-state index contributed by atoms with van der Waals surface area (Å²) in [6.45, 7) is 6.00. The van der Waals surface area contributed by atoms with Crippen molar-refractivity contribution in [2.75, 3.05) is 13.1 Å². The summed E-state index contributed by atoms with van der Waals surface area (Å²) in [7, 11) is 0. The summed E-state index contributed by atoms with van der Waals surface area (Å²) in [4.78, 5) is 31.3. The van der Waals surface area contributed by atoms with Crippen LogP contribution in [0.3, 0.4) is 0 Å². The predicted octanol–water partition coefficient (Wildman–Crippen LogP) is 2.87. The number of benzene rings is 1. The molecule has 2 fully saturated rings. The van der Waals surface area contributed by atoms with Gasteiger partial charge >= 0.3 is 0 Å². The molecule has 0 unspecified atom stereocenters. The molecule has 1 spiro atoms. The number of pyridine rings is 1. The zero-order chi connectivity index (χ0) is 19.0. The first-order valence-corrected chi connectivity index (χ1v) is 9.52. The van der Waals surface area contributed by atoms with Crippen LogP contribution in [-0.2, 0) is 11.3 Å². The minimum atomic E-state index is -0.0194. The normalized spacial score (nSPS) is 23.5. The van der Waals surface area contributed by atoms with Crippen LogP contribution in [0.2, 0.25) is 0 Å². The number of aryl methyl sites for hydroxylation is 2. The largest absolute Gasteiger partial charge is 0.352 e. The van der Waals surface area contributed by atoms with Gasteiger partial charge in [-0.15, -0.1) is 0 Å². The average molecular weight is 363 g/mol. The minimum absolute atomic E-state index is 0.0194. The Kier molecular flexibility index (Phi) is 4.46. The van der Waals surface area contributed by atoms with Gasteiger partial charge in [-0.1, -0.05) is 12.1 Å². The van der Waals surface area contributed by atoms with Crippen molar-refractivity contribution in [1.82, 2.24) is 15.2 Å². The van der Waals surface area contributed by atoms with Gasteiger partial charge in [0, 0.05) is 48.9 Å². The van der Waals surface area contributed by atoms with Crippen LogP contribution in [-0.4, -0.2) is 34.8 Å². The molecule has 1 aliphatic carbocycles. The first-order valence-electron chi connectivity index (χ1n) is 9.52. The molecule has 1 saturated carbocycles. The molecule has 2 aliphatic rings. The summed E-state index contributed by atoms with van der Waals surface area (Å²) >= 11 is 0. The molecule has 2 aromatic rings. The third-order valence-corrected chi connectivity index (χ3v) is 6.12. The molecule has 1 saturated heterocycles. The van der Waals surface area contributed by atoms with Crippen molar-refractivity contribution < 1.29 is 9.59 Å². The van der Waals surface area contributed by atoms with Gasteiger partial charge in [0.15, 0.2) is 0 Å². The molecule has 2 heterocycles. The Balaban J connectivity index is 1.35. The van der Waals surface area contributed by atoms with E-state index < -0.39 is 0 Å². The van der Waals surface area contributed by atoms with Crippen LogP contribution in [0.25, 0.3) is 0 Å². The first-order chi connectivity index (χ1) is 13.0. The molecule has 2 atom stereocenters. The van der Waals surface area contributed by atoms with E-state index in [1.54, 1.807) is 12.4 Å². The van der Waals surface area contributed by atoms with Crippen molar-refractivity contribution in [3.63, 3.8) is 0 Å². The van der Waals surface area contributed by atoms with Crippen LogP contribution in [0, 0.1) is 25.2 Å². The quantitative estimate of drug-likeness (QED) is 0.909. The lowest BCUT2D eigenvalue weighted by molar-refractivity contribution is -0.123. The third-order valence-electron chi connectivity index (χ3n) is 6.12. The molecule has 0 bridgehead atoms. The second-order valence-electron chi connectivity index (χ2n) is 7.97. The molecular weight excluding hydrogens is 338 g/mol. The number of aromatic nitrogens is 1. The van der Waals surface area contributed by atoms with Crippen molar-refractivity contribution in [2.24, 2.45) is 11.3 Å². The SMILES string of the molecule is Cc1ccc(C(=O)N2CC[C@]3(C[C@@H]3C(=O)NCc3cccnc3)C2)cc1C. The number of nitrogens with one attached hydrogen (secondary N) is 1. The second-order valence-corrected chi connectivity index (χ2v) is 7.97. The molecule has 1 aromatic carbocycles. The monoisotopic (exact) mass is 363 g/mol. The van der Waals surface area contributed by atoms with E-state index in [0.717, 1.165) is 36.1 Å². The predicted molar refractivity (Wildman–Crippen MR) is 103 cm³/mol. The molecule has 5 heteroatoms. The number of hydrogen-bond donors (Lipinski definition) is 1. The van der Waals surface area contributed by atoms with Crippen LogP contribution in [0.1, 0.15) is 39.9 Å². The molecule has 140 valence electrons. The fourth-order valence-electron chi connectivity index (χ4n) is 4.11. The molecule has 5 nitrogen and oxygen atoms in total. The second kappa shape index (κ2) is 6.80. The van der Waals surface area contributed by atoms with E-state index >= 15 is 0 Å². The number of carbonyl (C=O) groups is 2. The van der Waals surface area contributed by atoms with Gasteiger partial charge in [0.1, 0.15) is 0 Å². The summed E-state index contributed by atoms with van der Waals surface area (Å²) in [6.07, 6.45) is 5.28. The Labute approximate surface area is 159 Å². The highest BCUT2D eigenvalue weighted by atomic mass is 16.2. The van der Waals surface area contributed by atoms with Gasteiger partial charge < -0.3 is 10.2 Å². The van der Waals surface area contributed by atoms with Crippen LogP contribution in [0.15, 0.2) is 42.7 Å². The van der Waals surface area contributed by atoms with E-state index in [0.29, 0.717) is 13.1 Å². The van der Waals surface area contributed by atoms with Crippen LogP contribution in [0.4, 0.5) is 0 Å². The number of amides is 2. The van der Waals surface area contributed by atoms with Crippen molar-refractivity contribution >= 4 is 11.8 Å². The Morgan fingerprint density at radius 2 is 2.11 bits per heavy atom. The van der Waals surface area contributed by atoms with E-state index in [9.17, 15) is 9.59 Å². The summed E-state index contributed by atoms with van der Waals surface area (Å²) in [6, 6.07) is 9.69. The summed E-state index contributed by atoms with van der Waals surface area (Å²) in [5.74, 6) is 0.197. The van der Waals surface area contributed by atoms with Gasteiger partial charge in [-0.25, -0.2) is 0 Å². The highest BCUT2D eigenvalue weighted by molar-refractivity contribution is 5.95. The van der Waals surface area contributed by atoms with Crippen molar-refractivity contribution in [3.8, 4) is 0 Å². The van der Waals surface area contributed by atoms with E-state index in [-0.39, 0.29) is 23.1 Å². The summed E-state index contributed by atoms with van der Waals surface area (Å²) < 4.78 is 0. The van der Waals surface area contributed by atoms with Gasteiger partial charge in [-0.2, -0.15) is 0 Å². The van der Waals surface area contributed by atoms with Crippen LogP contribution < -0.4 is 5.32 Å². The fourth-order valence-corrected chi connectivity index (χ4v) is 4.11. The highest BCUT2D eigenvalue weighted by Gasteiger charge is 2.61. The average Bonchev–Trinajstić information content (AvgIpc) is 3.22. The molecule has 1 aromatic heterocycles. The number of likely N-dealkylation sites (tertiary alicyclic amines) is 1. The molecule has 4 rings (SSSR count).